The number of non-ortho nitro benzene ring substituents is 1. The lowest BCUT2D eigenvalue weighted by molar-refractivity contribution is -0.384. The number of hydrazone groups is 1. The summed E-state index contributed by atoms with van der Waals surface area (Å²) in [4.78, 5) is 36.2. The van der Waals surface area contributed by atoms with Gasteiger partial charge >= 0.3 is 0 Å². The first-order valence-corrected chi connectivity index (χ1v) is 12.4. The molecule has 0 N–H and O–H groups in total. The Kier molecular flexibility index (Phi) is 6.11. The van der Waals surface area contributed by atoms with Gasteiger partial charge in [-0.05, 0) is 91.9 Å². The normalized spacial score (nSPS) is 25.3. The highest BCUT2D eigenvalue weighted by Gasteiger charge is 2.56. The first kappa shape index (κ1) is 22.9. The Morgan fingerprint density at radius 3 is 2.09 bits per heavy atom. The number of imide groups is 1. The molecule has 3 aliphatic carbocycles. The molecule has 2 fully saturated rings. The summed E-state index contributed by atoms with van der Waals surface area (Å²) >= 11 is 6.98. The van der Waals surface area contributed by atoms with Crippen LogP contribution >= 0.6 is 31.9 Å². The van der Waals surface area contributed by atoms with Crippen LogP contribution in [0.5, 0.6) is 5.75 Å². The Balaban J connectivity index is 1.29. The Hall–Kier alpha value is -2.85. The van der Waals surface area contributed by atoms with E-state index in [0.29, 0.717) is 20.3 Å². The molecule has 34 heavy (non-hydrogen) atoms. The number of hydrogen-bond donors (Lipinski definition) is 0. The standard InChI is InChI=1S/C24H19Br2N3O5/c25-18-9-14(10-19(26)22(18)34-12-13-1-7-17(8-2-13)29(32)33)11-27-28-23(30)20-15-3-4-16(6-5-15)21(20)24(28)31/h1-4,7-11,15-16,20-21H,5-6,12H2/b27-11-/t15-,16-,20-,21+/m0/s1. The number of rotatable bonds is 6. The van der Waals surface area contributed by atoms with Crippen LogP contribution < -0.4 is 4.74 Å². The predicted octanol–water partition coefficient (Wildman–Crippen LogP) is 5.23. The molecule has 1 saturated heterocycles. The number of benzene rings is 2. The second-order valence-corrected chi connectivity index (χ2v) is 10.3. The Bertz CT molecular complexity index is 1190. The predicted molar refractivity (Wildman–Crippen MR) is 131 cm³/mol. The smallest absolute Gasteiger partial charge is 0.269 e. The largest absolute Gasteiger partial charge is 0.487 e. The quantitative estimate of drug-likeness (QED) is 0.151. The van der Waals surface area contributed by atoms with Gasteiger partial charge in [0.2, 0.25) is 0 Å². The zero-order chi connectivity index (χ0) is 24.0. The Morgan fingerprint density at radius 2 is 1.59 bits per heavy atom. The SMILES string of the molecule is O=C1[C@@H]2[C@H](C(=O)N1/N=C\c1cc(Br)c(OCc3ccc([N+](=O)[O-])cc3)c(Br)c1)[C@H]1C=C[C@H]2CC1. The zero-order valence-corrected chi connectivity index (χ0v) is 20.9. The van der Waals surface area contributed by atoms with E-state index in [1.54, 1.807) is 24.3 Å². The van der Waals surface area contributed by atoms with Gasteiger partial charge in [0.1, 0.15) is 12.4 Å². The third-order valence-corrected chi connectivity index (χ3v) is 7.79. The van der Waals surface area contributed by atoms with Gasteiger partial charge < -0.3 is 4.74 Å². The molecule has 8 nitrogen and oxygen atoms in total. The van der Waals surface area contributed by atoms with Crippen molar-refractivity contribution in [3.8, 4) is 5.75 Å². The summed E-state index contributed by atoms with van der Waals surface area (Å²) in [7, 11) is 0. The molecule has 2 aromatic rings. The Morgan fingerprint density at radius 1 is 1.03 bits per heavy atom. The van der Waals surface area contributed by atoms with E-state index in [2.05, 4.69) is 49.1 Å². The minimum atomic E-state index is -0.448. The molecule has 1 saturated carbocycles. The van der Waals surface area contributed by atoms with Crippen molar-refractivity contribution < 1.29 is 19.2 Å². The van der Waals surface area contributed by atoms with Crippen LogP contribution in [0.3, 0.4) is 0 Å². The van der Waals surface area contributed by atoms with Crippen molar-refractivity contribution >= 4 is 55.6 Å². The van der Waals surface area contributed by atoms with Gasteiger partial charge in [0.25, 0.3) is 17.5 Å². The third-order valence-electron chi connectivity index (χ3n) is 6.61. The molecule has 174 valence electrons. The first-order chi connectivity index (χ1) is 16.3. The lowest BCUT2D eigenvalue weighted by Gasteiger charge is -2.37. The van der Waals surface area contributed by atoms with Crippen molar-refractivity contribution in [3.05, 3.63) is 78.7 Å². The molecule has 4 atom stereocenters. The molecule has 0 radical (unpaired) electrons. The van der Waals surface area contributed by atoms with Gasteiger partial charge in [0.05, 0.1) is 31.9 Å². The maximum atomic E-state index is 12.9. The number of nitro benzene ring substituents is 1. The van der Waals surface area contributed by atoms with Gasteiger partial charge in [0, 0.05) is 12.1 Å². The molecule has 0 aromatic heterocycles. The lowest BCUT2D eigenvalue weighted by Crippen LogP contribution is -2.38. The van der Waals surface area contributed by atoms with Gasteiger partial charge in [-0.3, -0.25) is 19.7 Å². The number of carbonyl (C=O) groups excluding carboxylic acids is 2. The number of hydrogen-bond acceptors (Lipinski definition) is 6. The molecule has 2 amide bonds. The summed E-state index contributed by atoms with van der Waals surface area (Å²) < 4.78 is 7.19. The molecule has 4 aliphatic rings. The average molecular weight is 589 g/mol. The van der Waals surface area contributed by atoms with Crippen molar-refractivity contribution in [2.24, 2.45) is 28.8 Å². The molecule has 10 heteroatoms. The van der Waals surface area contributed by atoms with Crippen LogP contribution in [-0.4, -0.2) is 28.0 Å². The first-order valence-electron chi connectivity index (χ1n) is 10.8. The topological polar surface area (TPSA) is 102 Å². The number of allylic oxidation sites excluding steroid dienone is 2. The molecule has 1 heterocycles. The maximum absolute atomic E-state index is 12.9. The minimum Gasteiger partial charge on any atom is -0.487 e. The van der Waals surface area contributed by atoms with Crippen molar-refractivity contribution in [3.63, 3.8) is 0 Å². The highest BCUT2D eigenvalue weighted by Crippen LogP contribution is 2.49. The number of carbonyl (C=O) groups is 2. The molecule has 0 spiro atoms. The monoisotopic (exact) mass is 587 g/mol. The molecule has 2 bridgehead atoms. The van der Waals surface area contributed by atoms with E-state index in [9.17, 15) is 19.7 Å². The second-order valence-electron chi connectivity index (χ2n) is 8.60. The van der Waals surface area contributed by atoms with E-state index in [4.69, 9.17) is 4.74 Å². The van der Waals surface area contributed by atoms with Gasteiger partial charge in [-0.1, -0.05) is 12.2 Å². The highest BCUT2D eigenvalue weighted by molar-refractivity contribution is 9.11. The van der Waals surface area contributed by atoms with Crippen LogP contribution in [0.2, 0.25) is 0 Å². The fourth-order valence-corrected chi connectivity index (χ4v) is 6.41. The summed E-state index contributed by atoms with van der Waals surface area (Å²) in [5, 5.41) is 16.1. The van der Waals surface area contributed by atoms with Gasteiger partial charge in [-0.2, -0.15) is 10.1 Å². The van der Waals surface area contributed by atoms with Crippen LogP contribution in [0.25, 0.3) is 0 Å². The van der Waals surface area contributed by atoms with Gasteiger partial charge in [-0.25, -0.2) is 0 Å². The fraction of sp³-hybridized carbons (Fsp3) is 0.292. The average Bonchev–Trinajstić information content (AvgIpc) is 3.10. The van der Waals surface area contributed by atoms with Gasteiger partial charge in [0.15, 0.2) is 0 Å². The number of nitro groups is 1. The van der Waals surface area contributed by atoms with E-state index in [1.807, 2.05) is 0 Å². The number of amides is 2. The van der Waals surface area contributed by atoms with Gasteiger partial charge in [-0.15, -0.1) is 0 Å². The molecular weight excluding hydrogens is 570 g/mol. The number of nitrogens with zero attached hydrogens (tertiary/aromatic N) is 3. The minimum absolute atomic E-state index is 0.0212. The summed E-state index contributed by atoms with van der Waals surface area (Å²) in [6.07, 6.45) is 7.55. The van der Waals surface area contributed by atoms with E-state index in [1.165, 1.54) is 18.3 Å². The molecule has 0 unspecified atom stereocenters. The molecule has 2 aromatic carbocycles. The van der Waals surface area contributed by atoms with Crippen LogP contribution in [0, 0.1) is 33.8 Å². The summed E-state index contributed by atoms with van der Waals surface area (Å²) in [5.41, 5.74) is 1.48. The summed E-state index contributed by atoms with van der Waals surface area (Å²) in [5.74, 6) is -0.205. The lowest BCUT2D eigenvalue weighted by atomic mass is 9.63. The maximum Gasteiger partial charge on any atom is 0.269 e. The number of halogens is 2. The Labute approximate surface area is 212 Å². The van der Waals surface area contributed by atoms with Crippen molar-refractivity contribution in [1.29, 1.82) is 0 Å². The number of fused-ring (bicyclic) bond motifs is 1. The van der Waals surface area contributed by atoms with Crippen LogP contribution in [0.4, 0.5) is 5.69 Å². The molecule has 6 rings (SSSR count). The highest BCUT2D eigenvalue weighted by atomic mass is 79.9. The van der Waals surface area contributed by atoms with Crippen LogP contribution in [0.1, 0.15) is 24.0 Å². The molecule has 1 aliphatic heterocycles. The van der Waals surface area contributed by atoms with E-state index >= 15 is 0 Å². The third kappa shape index (κ3) is 4.09. The number of ether oxygens (including phenoxy) is 1. The summed E-state index contributed by atoms with van der Waals surface area (Å²) in [6, 6.07) is 9.71. The van der Waals surface area contributed by atoms with Crippen LogP contribution in [0.15, 0.2) is 62.6 Å². The van der Waals surface area contributed by atoms with E-state index in [0.717, 1.165) is 23.4 Å². The van der Waals surface area contributed by atoms with Crippen LogP contribution in [-0.2, 0) is 16.2 Å². The van der Waals surface area contributed by atoms with Crippen molar-refractivity contribution in [2.75, 3.05) is 0 Å². The van der Waals surface area contributed by atoms with E-state index < -0.39 is 4.92 Å². The zero-order valence-electron chi connectivity index (χ0n) is 17.8. The van der Waals surface area contributed by atoms with Crippen molar-refractivity contribution in [1.82, 2.24) is 5.01 Å². The summed E-state index contributed by atoms with van der Waals surface area (Å²) in [6.45, 7) is 0.221. The van der Waals surface area contributed by atoms with Crippen molar-refractivity contribution in [2.45, 2.75) is 19.4 Å². The second kappa shape index (κ2) is 9.07. The van der Waals surface area contributed by atoms with E-state index in [-0.39, 0.29) is 47.8 Å². The fourth-order valence-electron chi connectivity index (χ4n) is 4.96. The molecular formula is C24H19Br2N3O5.